The smallest absolute Gasteiger partial charge is 0.0733 e. The average molecular weight is 526 g/mol. The van der Waals surface area contributed by atoms with Crippen molar-refractivity contribution in [2.45, 2.75) is 24.7 Å². The van der Waals surface area contributed by atoms with Gasteiger partial charge in [0.05, 0.1) is 5.41 Å². The minimum atomic E-state index is -0.450. The molecule has 0 saturated heterocycles. The van der Waals surface area contributed by atoms with Gasteiger partial charge in [0, 0.05) is 22.4 Å². The third-order valence-corrected chi connectivity index (χ3v) is 9.32. The molecule has 196 valence electrons. The van der Waals surface area contributed by atoms with Gasteiger partial charge in [-0.2, -0.15) is 0 Å². The van der Waals surface area contributed by atoms with Crippen LogP contribution >= 0.6 is 0 Å². The molecule has 2 aliphatic carbocycles. The van der Waals surface area contributed by atoms with Crippen molar-refractivity contribution in [3.63, 3.8) is 0 Å². The molecule has 0 saturated carbocycles. The van der Waals surface area contributed by atoms with Gasteiger partial charge in [0.2, 0.25) is 0 Å². The quantitative estimate of drug-likeness (QED) is 0.241. The van der Waals surface area contributed by atoms with Gasteiger partial charge >= 0.3 is 0 Å². The van der Waals surface area contributed by atoms with Crippen LogP contribution in [0.1, 0.15) is 47.2 Å². The van der Waals surface area contributed by atoms with Crippen molar-refractivity contribution < 1.29 is 0 Å². The van der Waals surface area contributed by atoms with Crippen molar-refractivity contribution in [2.75, 3.05) is 5.32 Å². The van der Waals surface area contributed by atoms with E-state index in [0.717, 1.165) is 5.69 Å². The molecular formula is C40H31N. The first-order chi connectivity index (χ1) is 20.1. The van der Waals surface area contributed by atoms with Crippen LogP contribution in [-0.4, -0.2) is 0 Å². The number of benzene rings is 6. The zero-order valence-corrected chi connectivity index (χ0v) is 23.4. The van der Waals surface area contributed by atoms with E-state index < -0.39 is 5.41 Å². The second kappa shape index (κ2) is 8.81. The molecule has 41 heavy (non-hydrogen) atoms. The predicted octanol–water partition coefficient (Wildman–Crippen LogP) is 10.1. The lowest BCUT2D eigenvalue weighted by atomic mass is 9.67. The van der Waals surface area contributed by atoms with E-state index in [0.29, 0.717) is 0 Å². The average Bonchev–Trinajstić information content (AvgIpc) is 3.46. The molecule has 0 fully saturated rings. The first-order valence-corrected chi connectivity index (χ1v) is 14.5. The highest BCUT2D eigenvalue weighted by Crippen LogP contribution is 2.59. The van der Waals surface area contributed by atoms with Crippen LogP contribution in [0.25, 0.3) is 22.3 Å². The number of nitrogens with one attached hydrogen (secondary N) is 1. The zero-order valence-electron chi connectivity index (χ0n) is 23.4. The summed E-state index contributed by atoms with van der Waals surface area (Å²) < 4.78 is 0. The fourth-order valence-corrected chi connectivity index (χ4v) is 7.70. The summed E-state index contributed by atoms with van der Waals surface area (Å²) in [6.07, 6.45) is 0. The maximum atomic E-state index is 4.02. The van der Waals surface area contributed by atoms with Gasteiger partial charge in [0.15, 0.2) is 0 Å². The van der Waals surface area contributed by atoms with E-state index in [1.54, 1.807) is 0 Å². The van der Waals surface area contributed by atoms with Crippen LogP contribution in [0.5, 0.6) is 0 Å². The van der Waals surface area contributed by atoms with Crippen LogP contribution in [0.15, 0.2) is 146 Å². The molecule has 1 nitrogen and oxygen atoms in total. The lowest BCUT2D eigenvalue weighted by molar-refractivity contribution is 0.662. The fourth-order valence-electron chi connectivity index (χ4n) is 7.70. The van der Waals surface area contributed by atoms with Crippen molar-refractivity contribution in [3.05, 3.63) is 179 Å². The number of rotatable bonds is 4. The van der Waals surface area contributed by atoms with E-state index in [9.17, 15) is 0 Å². The fraction of sp³-hybridized carbons (Fsp3) is 0.100. The number of hydrogen-bond donors (Lipinski definition) is 1. The number of hydrogen-bond acceptors (Lipinski definition) is 1. The van der Waals surface area contributed by atoms with E-state index in [4.69, 9.17) is 0 Å². The molecule has 0 radical (unpaired) electrons. The third-order valence-electron chi connectivity index (χ3n) is 9.32. The van der Waals surface area contributed by atoms with Gasteiger partial charge in [0.1, 0.15) is 0 Å². The van der Waals surface area contributed by atoms with Gasteiger partial charge in [-0.1, -0.05) is 147 Å². The molecule has 8 rings (SSSR count). The predicted molar refractivity (Wildman–Crippen MR) is 171 cm³/mol. The molecule has 0 aromatic heterocycles. The van der Waals surface area contributed by atoms with Crippen LogP contribution in [0.4, 0.5) is 11.4 Å². The normalized spacial score (nSPS) is 15.0. The van der Waals surface area contributed by atoms with Crippen LogP contribution in [0.2, 0.25) is 0 Å². The highest BCUT2D eigenvalue weighted by atomic mass is 14.9. The summed E-state index contributed by atoms with van der Waals surface area (Å²) in [5.74, 6) is 0. The number of fused-ring (bicyclic) bond motifs is 6. The second-order valence-electron chi connectivity index (χ2n) is 11.8. The van der Waals surface area contributed by atoms with Crippen LogP contribution in [-0.2, 0) is 10.8 Å². The van der Waals surface area contributed by atoms with Crippen LogP contribution < -0.4 is 5.32 Å². The van der Waals surface area contributed by atoms with E-state index in [2.05, 4.69) is 165 Å². The maximum absolute atomic E-state index is 4.02. The minimum Gasteiger partial charge on any atom is -0.355 e. The zero-order chi connectivity index (χ0) is 27.6. The summed E-state index contributed by atoms with van der Waals surface area (Å²) in [6.45, 7) is 4.71. The van der Waals surface area contributed by atoms with Gasteiger partial charge in [-0.25, -0.2) is 0 Å². The highest BCUT2D eigenvalue weighted by Gasteiger charge is 2.47. The minimum absolute atomic E-state index is 0.105. The Hall–Kier alpha value is -4.88. The van der Waals surface area contributed by atoms with Crippen molar-refractivity contribution in [1.29, 1.82) is 0 Å². The molecule has 0 unspecified atom stereocenters. The standard InChI is InChI=1S/C40H31N/c1-39(2)33-23-11-9-19-29(33)31-21-13-25-35(37(31)39)41-36-26-14-22-32-30-20-10-12-24-34(30)40(38(32)36,27-15-5-3-6-16-27)28-17-7-4-8-18-28/h3-26,41H,1-2H3. The lowest BCUT2D eigenvalue weighted by Crippen LogP contribution is -2.29. The summed E-state index contributed by atoms with van der Waals surface area (Å²) in [6, 6.07) is 53.3. The number of anilines is 2. The van der Waals surface area contributed by atoms with Crippen molar-refractivity contribution >= 4 is 11.4 Å². The van der Waals surface area contributed by atoms with Crippen LogP contribution in [0.3, 0.4) is 0 Å². The Morgan fingerprint density at radius 2 is 0.829 bits per heavy atom. The Morgan fingerprint density at radius 1 is 0.390 bits per heavy atom. The largest absolute Gasteiger partial charge is 0.355 e. The molecular weight excluding hydrogens is 494 g/mol. The van der Waals surface area contributed by atoms with Gasteiger partial charge < -0.3 is 5.32 Å². The summed E-state index contributed by atoms with van der Waals surface area (Å²) >= 11 is 0. The maximum Gasteiger partial charge on any atom is 0.0733 e. The highest BCUT2D eigenvalue weighted by molar-refractivity contribution is 5.93. The first kappa shape index (κ1) is 24.0. The molecule has 6 aromatic carbocycles. The Morgan fingerprint density at radius 3 is 1.44 bits per heavy atom. The molecule has 0 heterocycles. The Kier molecular flexibility index (Phi) is 5.15. The van der Waals surface area contributed by atoms with Crippen molar-refractivity contribution in [3.8, 4) is 22.3 Å². The van der Waals surface area contributed by atoms with Crippen LogP contribution in [0, 0.1) is 0 Å². The summed E-state index contributed by atoms with van der Waals surface area (Å²) in [7, 11) is 0. The lowest BCUT2D eigenvalue weighted by Gasteiger charge is -2.35. The Balaban J connectivity index is 1.41. The molecule has 1 N–H and O–H groups in total. The second-order valence-corrected chi connectivity index (χ2v) is 11.8. The monoisotopic (exact) mass is 525 g/mol. The first-order valence-electron chi connectivity index (χ1n) is 14.5. The summed E-state index contributed by atoms with van der Waals surface area (Å²) in [4.78, 5) is 0. The van der Waals surface area contributed by atoms with Crippen molar-refractivity contribution in [1.82, 2.24) is 0 Å². The molecule has 0 amide bonds. The Labute approximate surface area is 242 Å². The van der Waals surface area contributed by atoms with Gasteiger partial charge in [-0.15, -0.1) is 0 Å². The SMILES string of the molecule is CC1(C)c2ccccc2-c2cccc(Nc3cccc4c3C(c3ccccc3)(c3ccccc3)c3ccccc3-4)c21. The third kappa shape index (κ3) is 3.24. The van der Waals surface area contributed by atoms with E-state index in [1.165, 1.54) is 61.3 Å². The van der Waals surface area contributed by atoms with Gasteiger partial charge in [0.25, 0.3) is 0 Å². The molecule has 0 bridgehead atoms. The van der Waals surface area contributed by atoms with Gasteiger partial charge in [-0.05, 0) is 62.2 Å². The van der Waals surface area contributed by atoms with Gasteiger partial charge in [-0.3, -0.25) is 0 Å². The van der Waals surface area contributed by atoms with E-state index in [1.807, 2.05) is 0 Å². The summed E-state index contributed by atoms with van der Waals surface area (Å²) in [5, 5.41) is 4.02. The molecule has 1 heteroatoms. The molecule has 0 atom stereocenters. The summed E-state index contributed by atoms with van der Waals surface area (Å²) in [5.41, 5.74) is 14.9. The topological polar surface area (TPSA) is 12.0 Å². The van der Waals surface area contributed by atoms with E-state index in [-0.39, 0.29) is 5.41 Å². The van der Waals surface area contributed by atoms with E-state index >= 15 is 0 Å². The molecule has 0 aliphatic heterocycles. The molecule has 2 aliphatic rings. The van der Waals surface area contributed by atoms with Crippen molar-refractivity contribution in [2.24, 2.45) is 0 Å². The molecule has 6 aromatic rings. The Bertz CT molecular complexity index is 1890. The molecule has 0 spiro atoms.